The summed E-state index contributed by atoms with van der Waals surface area (Å²) in [5, 5.41) is 8.33. The molecule has 20 heavy (non-hydrogen) atoms. The molecule has 0 aromatic rings. The maximum absolute atomic E-state index is 11.1. The van der Waals surface area contributed by atoms with Gasteiger partial charge < -0.3 is 0 Å². The van der Waals surface area contributed by atoms with Crippen LogP contribution in [0.15, 0.2) is 10.2 Å². The average molecular weight is 392 g/mol. The Hall–Kier alpha value is -0.660. The van der Waals surface area contributed by atoms with Crippen LogP contribution in [0.25, 0.3) is 0 Å². The van der Waals surface area contributed by atoms with Gasteiger partial charge in [-0.2, -0.15) is 10.2 Å². The van der Waals surface area contributed by atoms with Crippen molar-refractivity contribution in [1.29, 1.82) is 0 Å². The third kappa shape index (κ3) is 7.21. The maximum Gasteiger partial charge on any atom is 0.239 e. The topological polar surface area (TPSA) is 65.8 Å². The highest BCUT2D eigenvalue weighted by atomic mass is 127. The Kier molecular flexibility index (Phi) is 8.80. The molecule has 0 spiro atoms. The Balaban J connectivity index is 2.21. The lowest BCUT2D eigenvalue weighted by Gasteiger charge is -2.23. The fourth-order valence-corrected chi connectivity index (χ4v) is 2.22. The predicted octanol–water partition coefficient (Wildman–Crippen LogP) is 3.05. The number of hydrogen-bond donors (Lipinski definition) is 2. The molecule has 0 aromatic carbocycles. The summed E-state index contributed by atoms with van der Waals surface area (Å²) in [5.41, 5.74) is 5.66. The zero-order chi connectivity index (χ0) is 14.8. The molecule has 0 heterocycles. The van der Waals surface area contributed by atoms with Gasteiger partial charge in [0.1, 0.15) is 0 Å². The molecule has 0 aliphatic heterocycles. The first kappa shape index (κ1) is 17.4. The molecular weight excluding hydrogens is 367 g/mol. The lowest BCUT2D eigenvalue weighted by molar-refractivity contribution is -0.120. The molecule has 6 heteroatoms. The Labute approximate surface area is 135 Å². The van der Waals surface area contributed by atoms with Gasteiger partial charge in [-0.1, -0.05) is 36.4 Å². The van der Waals surface area contributed by atoms with Crippen molar-refractivity contribution in [3.63, 3.8) is 0 Å². The van der Waals surface area contributed by atoms with E-state index < -0.39 is 0 Å². The van der Waals surface area contributed by atoms with E-state index in [2.05, 4.69) is 50.6 Å². The third-order valence-corrected chi connectivity index (χ3v) is 4.63. The molecule has 114 valence electrons. The predicted molar refractivity (Wildman–Crippen MR) is 92.1 cm³/mol. The van der Waals surface area contributed by atoms with E-state index in [4.69, 9.17) is 0 Å². The van der Waals surface area contributed by atoms with Gasteiger partial charge in [-0.25, -0.2) is 5.43 Å². The highest BCUT2D eigenvalue weighted by molar-refractivity contribution is 14.1. The lowest BCUT2D eigenvalue weighted by Crippen LogP contribution is -2.21. The zero-order valence-corrected chi connectivity index (χ0v) is 14.5. The summed E-state index contributed by atoms with van der Waals surface area (Å²) < 4.78 is 0.412. The minimum Gasteiger partial charge on any atom is -0.298 e. The number of amides is 1. The van der Waals surface area contributed by atoms with Crippen molar-refractivity contribution in [1.82, 2.24) is 10.9 Å². The van der Waals surface area contributed by atoms with Gasteiger partial charge in [-0.3, -0.25) is 10.2 Å². The second-order valence-electron chi connectivity index (χ2n) is 5.12. The number of halogens is 1. The normalized spacial score (nSPS) is 24.9. The van der Waals surface area contributed by atoms with E-state index in [-0.39, 0.29) is 5.91 Å². The first-order valence-corrected chi connectivity index (χ1v) is 8.65. The fraction of sp³-hybridized carbons (Fsp3) is 0.786. The van der Waals surface area contributed by atoms with Crippen LogP contribution in [0.5, 0.6) is 0 Å². The Morgan fingerprint density at radius 1 is 1.20 bits per heavy atom. The van der Waals surface area contributed by atoms with Crippen LogP contribution in [0.2, 0.25) is 0 Å². The van der Waals surface area contributed by atoms with E-state index in [0.717, 1.165) is 32.1 Å². The van der Waals surface area contributed by atoms with Gasteiger partial charge >= 0.3 is 0 Å². The van der Waals surface area contributed by atoms with Crippen LogP contribution in [0, 0.1) is 11.8 Å². The van der Waals surface area contributed by atoms with Gasteiger partial charge in [0.25, 0.3) is 0 Å². The summed E-state index contributed by atoms with van der Waals surface area (Å²) in [4.78, 5) is 11.1. The monoisotopic (exact) mass is 392 g/mol. The van der Waals surface area contributed by atoms with Crippen molar-refractivity contribution < 1.29 is 4.79 Å². The van der Waals surface area contributed by atoms with Crippen LogP contribution in [0.4, 0.5) is 0 Å². The third-order valence-electron chi connectivity index (χ3n) is 3.47. The lowest BCUT2D eigenvalue weighted by atomic mass is 9.83. The standard InChI is InChI=1S/C14H25IN4O/c1-3-13(15)18-16-9-11-5-7-12(8-6-11)10-17-19-14(20)4-2/h9-13,18H,3-8H2,1-2H3,(H,19,20)/b16-9+,17-10+. The number of nitrogens with zero attached hydrogens (tertiary/aromatic N) is 2. The molecule has 1 saturated carbocycles. The molecule has 0 saturated heterocycles. The van der Waals surface area contributed by atoms with Crippen molar-refractivity contribution in [3.05, 3.63) is 0 Å². The van der Waals surface area contributed by atoms with E-state index >= 15 is 0 Å². The first-order valence-electron chi connectivity index (χ1n) is 7.40. The molecule has 1 fully saturated rings. The summed E-state index contributed by atoms with van der Waals surface area (Å²) >= 11 is 2.35. The van der Waals surface area contributed by atoms with Crippen LogP contribution in [-0.4, -0.2) is 22.4 Å². The summed E-state index contributed by atoms with van der Waals surface area (Å²) in [6.45, 7) is 3.96. The fourth-order valence-electron chi connectivity index (χ4n) is 2.06. The molecule has 0 bridgehead atoms. The van der Waals surface area contributed by atoms with Crippen LogP contribution < -0.4 is 10.9 Å². The number of hydrogen-bond acceptors (Lipinski definition) is 4. The summed E-state index contributed by atoms with van der Waals surface area (Å²) in [6, 6.07) is 0. The van der Waals surface area contributed by atoms with E-state index in [1.807, 2.05) is 19.4 Å². The zero-order valence-electron chi connectivity index (χ0n) is 12.3. The van der Waals surface area contributed by atoms with Crippen LogP contribution >= 0.6 is 22.6 Å². The average Bonchev–Trinajstić information content (AvgIpc) is 2.48. The van der Waals surface area contributed by atoms with Crippen molar-refractivity contribution >= 4 is 40.9 Å². The van der Waals surface area contributed by atoms with Gasteiger partial charge in [-0.15, -0.1) is 0 Å². The minimum atomic E-state index is -0.0302. The van der Waals surface area contributed by atoms with Crippen molar-refractivity contribution in [2.45, 2.75) is 56.4 Å². The highest BCUT2D eigenvalue weighted by Crippen LogP contribution is 2.26. The molecule has 1 aliphatic rings. The van der Waals surface area contributed by atoms with E-state index in [1.54, 1.807) is 0 Å². The number of nitrogens with one attached hydrogen (secondary N) is 2. The molecule has 1 aliphatic carbocycles. The van der Waals surface area contributed by atoms with Gasteiger partial charge in [-0.05, 0) is 43.9 Å². The van der Waals surface area contributed by atoms with Crippen LogP contribution in [0.1, 0.15) is 52.4 Å². The van der Waals surface area contributed by atoms with E-state index in [1.165, 1.54) is 0 Å². The van der Waals surface area contributed by atoms with Crippen LogP contribution in [0.3, 0.4) is 0 Å². The number of hydrazone groups is 2. The molecule has 0 radical (unpaired) electrons. The molecule has 1 unspecified atom stereocenters. The van der Waals surface area contributed by atoms with E-state index in [9.17, 15) is 4.79 Å². The molecule has 1 atom stereocenters. The maximum atomic E-state index is 11.1. The van der Waals surface area contributed by atoms with Crippen molar-refractivity contribution in [2.75, 3.05) is 0 Å². The molecule has 1 rings (SSSR count). The quantitative estimate of drug-likeness (QED) is 0.230. The second-order valence-corrected chi connectivity index (χ2v) is 6.63. The summed E-state index contributed by atoms with van der Waals surface area (Å²) in [7, 11) is 0. The molecule has 5 nitrogen and oxygen atoms in total. The number of carbonyl (C=O) groups is 1. The largest absolute Gasteiger partial charge is 0.298 e. The number of rotatable bonds is 7. The Morgan fingerprint density at radius 2 is 1.75 bits per heavy atom. The highest BCUT2D eigenvalue weighted by Gasteiger charge is 2.18. The summed E-state index contributed by atoms with van der Waals surface area (Å²) in [6.07, 6.45) is 9.99. The Bertz CT molecular complexity index is 338. The van der Waals surface area contributed by atoms with Gasteiger partial charge in [0, 0.05) is 18.9 Å². The second kappa shape index (κ2) is 10.1. The van der Waals surface area contributed by atoms with Gasteiger partial charge in [0.15, 0.2) is 0 Å². The smallest absolute Gasteiger partial charge is 0.239 e. The minimum absolute atomic E-state index is 0.0302. The van der Waals surface area contributed by atoms with Gasteiger partial charge in [0.05, 0.1) is 4.05 Å². The summed E-state index contributed by atoms with van der Waals surface area (Å²) in [5.74, 6) is 1.02. The van der Waals surface area contributed by atoms with Crippen molar-refractivity contribution in [3.8, 4) is 0 Å². The number of alkyl halides is 1. The van der Waals surface area contributed by atoms with Crippen LogP contribution in [-0.2, 0) is 4.79 Å². The van der Waals surface area contributed by atoms with E-state index in [0.29, 0.717) is 22.3 Å². The van der Waals surface area contributed by atoms with Gasteiger partial charge in [0.2, 0.25) is 5.91 Å². The number of carbonyl (C=O) groups excluding carboxylic acids is 1. The van der Waals surface area contributed by atoms with Crippen molar-refractivity contribution in [2.24, 2.45) is 22.0 Å². The molecular formula is C14H25IN4O. The first-order chi connectivity index (χ1) is 9.65. The molecule has 1 amide bonds. The Morgan fingerprint density at radius 3 is 2.25 bits per heavy atom. The molecule has 2 N–H and O–H groups in total. The molecule has 0 aromatic heterocycles. The SMILES string of the molecule is CCC(=O)N/N=C/C1CCC(/C=N/NC(I)CC)CC1.